The molecular formula is C30H29NO6. The second-order valence-electron chi connectivity index (χ2n) is 10.4. The Hall–Kier alpha value is -3.89. The maximum Gasteiger partial charge on any atom is 0.345 e. The molecule has 0 amide bonds. The molecule has 1 aliphatic carbocycles. The first-order valence-corrected chi connectivity index (χ1v) is 12.5. The molecule has 2 heterocycles. The number of carbonyl (C=O) groups is 1. The summed E-state index contributed by atoms with van der Waals surface area (Å²) in [6, 6.07) is 19.1. The number of ether oxygens (including phenoxy) is 2. The summed E-state index contributed by atoms with van der Waals surface area (Å²) in [5.41, 5.74) is -0.117. The average molecular weight is 500 g/mol. The van der Waals surface area contributed by atoms with Crippen molar-refractivity contribution in [3.63, 3.8) is 0 Å². The van der Waals surface area contributed by atoms with Gasteiger partial charge in [0.05, 0.1) is 23.3 Å². The Morgan fingerprint density at radius 2 is 1.84 bits per heavy atom. The van der Waals surface area contributed by atoms with E-state index in [2.05, 4.69) is 13.8 Å². The van der Waals surface area contributed by atoms with Crippen LogP contribution in [-0.4, -0.2) is 22.8 Å². The summed E-state index contributed by atoms with van der Waals surface area (Å²) in [7, 11) is 0. The highest BCUT2D eigenvalue weighted by Crippen LogP contribution is 2.53. The second-order valence-corrected chi connectivity index (χ2v) is 10.4. The first kappa shape index (κ1) is 24.8. The van der Waals surface area contributed by atoms with Gasteiger partial charge in [-0.05, 0) is 55.9 Å². The van der Waals surface area contributed by atoms with Gasteiger partial charge in [0.1, 0.15) is 28.8 Å². The fourth-order valence-electron chi connectivity index (χ4n) is 5.59. The van der Waals surface area contributed by atoms with Crippen LogP contribution in [0.15, 0.2) is 69.9 Å². The zero-order chi connectivity index (χ0) is 26.3. The van der Waals surface area contributed by atoms with E-state index < -0.39 is 35.3 Å². The zero-order valence-electron chi connectivity index (χ0n) is 21.0. The van der Waals surface area contributed by atoms with Gasteiger partial charge in [0.25, 0.3) is 0 Å². The monoisotopic (exact) mass is 499 g/mol. The van der Waals surface area contributed by atoms with Crippen LogP contribution in [0.5, 0.6) is 5.75 Å². The van der Waals surface area contributed by atoms with Crippen LogP contribution in [0.4, 0.5) is 0 Å². The molecule has 1 saturated carbocycles. The van der Waals surface area contributed by atoms with Crippen LogP contribution >= 0.6 is 0 Å². The number of aliphatic hydroxyl groups excluding tert-OH is 1. The van der Waals surface area contributed by atoms with E-state index in [0.717, 1.165) is 0 Å². The molecular weight excluding hydrogens is 470 g/mol. The molecule has 7 heteroatoms. The van der Waals surface area contributed by atoms with Crippen molar-refractivity contribution in [2.75, 3.05) is 0 Å². The first-order valence-electron chi connectivity index (χ1n) is 12.5. The number of benzene rings is 2. The van der Waals surface area contributed by atoms with Crippen LogP contribution in [0.25, 0.3) is 11.3 Å². The minimum atomic E-state index is -1.13. The van der Waals surface area contributed by atoms with E-state index in [1.165, 1.54) is 0 Å². The fraction of sp³-hybridized carbons (Fsp3) is 0.367. The first-order chi connectivity index (χ1) is 17.7. The predicted octanol–water partition coefficient (Wildman–Crippen LogP) is 5.27. The fourth-order valence-corrected chi connectivity index (χ4v) is 5.59. The summed E-state index contributed by atoms with van der Waals surface area (Å²) in [6.45, 7) is 6.03. The molecule has 5 atom stereocenters. The lowest BCUT2D eigenvalue weighted by atomic mass is 9.63. The molecule has 0 saturated heterocycles. The third-order valence-corrected chi connectivity index (χ3v) is 7.91. The van der Waals surface area contributed by atoms with Crippen molar-refractivity contribution in [1.29, 1.82) is 5.26 Å². The van der Waals surface area contributed by atoms with Crippen LogP contribution in [0.2, 0.25) is 0 Å². The predicted molar refractivity (Wildman–Crippen MR) is 136 cm³/mol. The molecule has 1 aromatic heterocycles. The normalized spacial score (nSPS) is 26.4. The lowest BCUT2D eigenvalue weighted by Gasteiger charge is -2.53. The Balaban J connectivity index is 1.53. The molecule has 5 rings (SSSR count). The molecule has 37 heavy (non-hydrogen) atoms. The highest BCUT2D eigenvalue weighted by atomic mass is 16.6. The van der Waals surface area contributed by atoms with E-state index >= 15 is 0 Å². The zero-order valence-corrected chi connectivity index (χ0v) is 21.0. The van der Waals surface area contributed by atoms with E-state index in [0.29, 0.717) is 35.3 Å². The Kier molecular flexibility index (Phi) is 6.38. The number of hydrogen-bond donors (Lipinski definition) is 1. The van der Waals surface area contributed by atoms with E-state index in [-0.39, 0.29) is 23.1 Å². The summed E-state index contributed by atoms with van der Waals surface area (Å²) in [4.78, 5) is 26.2. The number of esters is 1. The van der Waals surface area contributed by atoms with Crippen molar-refractivity contribution in [3.05, 3.63) is 87.8 Å². The second kappa shape index (κ2) is 9.53. The molecule has 1 unspecified atom stereocenters. The molecule has 0 bridgehead atoms. The van der Waals surface area contributed by atoms with Crippen LogP contribution in [0, 0.1) is 29.1 Å². The number of carbonyl (C=O) groups excluding carboxylic acids is 1. The molecule has 0 spiro atoms. The standard InChI is InChI=1S/C30H29NO6/c1-17(2)21-13-22-27(32)26-24(15-23(35-29(26)34)19-7-5-4-6-8-19)37-30(22,3)25(14-21)36-28(33)20-11-9-18(16-31)10-12-20/h4-12,15,17,21-22,25,27,32H,13-14H2,1-3H3/t21?,22-,25-,27+,30-/m0/s1. The SMILES string of the molecule is CC(C)C1C[C@H](OC(=O)c2ccc(C#N)cc2)[C@@]2(C)Oc3cc(-c4ccccc4)oc(=O)c3[C@H](O)[C@@H]2C1. The smallest absolute Gasteiger partial charge is 0.345 e. The van der Waals surface area contributed by atoms with E-state index in [4.69, 9.17) is 19.2 Å². The minimum absolute atomic E-state index is 0.101. The van der Waals surface area contributed by atoms with Crippen molar-refractivity contribution in [3.8, 4) is 23.1 Å². The van der Waals surface area contributed by atoms with Gasteiger partial charge in [0.15, 0.2) is 0 Å². The van der Waals surface area contributed by atoms with E-state index in [1.54, 1.807) is 30.3 Å². The molecule has 1 N–H and O–H groups in total. The highest BCUT2D eigenvalue weighted by molar-refractivity contribution is 5.89. The maximum atomic E-state index is 13.1. The van der Waals surface area contributed by atoms with E-state index in [1.807, 2.05) is 43.3 Å². The Bertz CT molecular complexity index is 1400. The van der Waals surface area contributed by atoms with Gasteiger partial charge < -0.3 is 19.0 Å². The van der Waals surface area contributed by atoms with E-state index in [9.17, 15) is 14.7 Å². The topological polar surface area (TPSA) is 110 Å². The van der Waals surface area contributed by atoms with Crippen LogP contribution < -0.4 is 10.4 Å². The summed E-state index contributed by atoms with van der Waals surface area (Å²) in [5, 5.41) is 20.5. The van der Waals surface area contributed by atoms with Crippen LogP contribution in [0.1, 0.15) is 61.2 Å². The van der Waals surface area contributed by atoms with Crippen molar-refractivity contribution < 1.29 is 23.8 Å². The van der Waals surface area contributed by atoms with Gasteiger partial charge in [-0.3, -0.25) is 0 Å². The molecule has 0 radical (unpaired) electrons. The summed E-state index contributed by atoms with van der Waals surface area (Å²) < 4.78 is 18.1. The molecule has 1 aliphatic heterocycles. The number of fused-ring (bicyclic) bond motifs is 2. The summed E-state index contributed by atoms with van der Waals surface area (Å²) in [6.07, 6.45) is -0.633. The van der Waals surface area contributed by atoms with Crippen molar-refractivity contribution >= 4 is 5.97 Å². The van der Waals surface area contributed by atoms with Gasteiger partial charge in [-0.1, -0.05) is 44.2 Å². The van der Waals surface area contributed by atoms with Gasteiger partial charge in [0.2, 0.25) is 0 Å². The van der Waals surface area contributed by atoms with Gasteiger partial charge in [0, 0.05) is 17.5 Å². The summed E-state index contributed by atoms with van der Waals surface area (Å²) >= 11 is 0. The van der Waals surface area contributed by atoms with Crippen molar-refractivity contribution in [1.82, 2.24) is 0 Å². The van der Waals surface area contributed by atoms with Gasteiger partial charge in [-0.2, -0.15) is 5.26 Å². The number of aliphatic hydroxyl groups is 1. The third kappa shape index (κ3) is 4.42. The Morgan fingerprint density at radius 1 is 1.14 bits per heavy atom. The quantitative estimate of drug-likeness (QED) is 0.487. The van der Waals surface area contributed by atoms with Gasteiger partial charge in [-0.15, -0.1) is 0 Å². The lowest BCUT2D eigenvalue weighted by molar-refractivity contribution is -0.170. The molecule has 190 valence electrons. The lowest BCUT2D eigenvalue weighted by Crippen LogP contribution is -2.61. The number of hydrogen-bond acceptors (Lipinski definition) is 7. The van der Waals surface area contributed by atoms with Gasteiger partial charge in [-0.25, -0.2) is 9.59 Å². The van der Waals surface area contributed by atoms with Crippen molar-refractivity contribution in [2.24, 2.45) is 17.8 Å². The molecule has 3 aromatic rings. The van der Waals surface area contributed by atoms with Crippen molar-refractivity contribution in [2.45, 2.75) is 51.4 Å². The number of nitriles is 1. The third-order valence-electron chi connectivity index (χ3n) is 7.91. The summed E-state index contributed by atoms with van der Waals surface area (Å²) in [5.74, 6) is -0.0199. The number of rotatable bonds is 4. The van der Waals surface area contributed by atoms with Gasteiger partial charge >= 0.3 is 11.6 Å². The Morgan fingerprint density at radius 3 is 2.49 bits per heavy atom. The van der Waals surface area contributed by atoms with Crippen LogP contribution in [0.3, 0.4) is 0 Å². The van der Waals surface area contributed by atoms with Crippen LogP contribution in [-0.2, 0) is 4.74 Å². The average Bonchev–Trinajstić information content (AvgIpc) is 2.89. The minimum Gasteiger partial charge on any atom is -0.482 e. The largest absolute Gasteiger partial charge is 0.482 e. The maximum absolute atomic E-state index is 13.1. The molecule has 2 aromatic carbocycles. The highest BCUT2D eigenvalue weighted by Gasteiger charge is 2.58. The number of nitrogens with zero attached hydrogens (tertiary/aromatic N) is 1. The molecule has 1 fully saturated rings. The molecule has 7 nitrogen and oxygen atoms in total. The molecule has 2 aliphatic rings. The Labute approximate surface area is 215 Å².